The van der Waals surface area contributed by atoms with Gasteiger partial charge in [0.2, 0.25) is 15.9 Å². The molecule has 0 bridgehead atoms. The standard InChI is InChI=1S/C19H31N3O3S/c1-13-11-16(19(4,5)6)12-14(2)17(13)26(24,25)22-9-7-21(8-10-22)18(23)15(3)20/h11-12,15H,7-10,20H2,1-6H3/t15-/m1/s1. The molecule has 1 aromatic rings. The quantitative estimate of drug-likeness (QED) is 0.865. The zero-order valence-electron chi connectivity index (χ0n) is 16.7. The smallest absolute Gasteiger partial charge is 0.243 e. The van der Waals surface area contributed by atoms with E-state index in [2.05, 4.69) is 20.8 Å². The lowest BCUT2D eigenvalue weighted by Gasteiger charge is -2.35. The van der Waals surface area contributed by atoms with E-state index in [9.17, 15) is 13.2 Å². The van der Waals surface area contributed by atoms with E-state index in [1.165, 1.54) is 4.31 Å². The number of sulfonamides is 1. The summed E-state index contributed by atoms with van der Waals surface area (Å²) in [5.41, 5.74) is 8.26. The van der Waals surface area contributed by atoms with E-state index >= 15 is 0 Å². The minimum Gasteiger partial charge on any atom is -0.339 e. The Morgan fingerprint density at radius 1 is 1.08 bits per heavy atom. The van der Waals surface area contributed by atoms with Crippen LogP contribution in [-0.4, -0.2) is 55.8 Å². The van der Waals surface area contributed by atoms with Crippen molar-refractivity contribution < 1.29 is 13.2 Å². The molecule has 2 N–H and O–H groups in total. The molecule has 2 rings (SSSR count). The number of aryl methyl sites for hydroxylation is 2. The molecule has 1 atom stereocenters. The number of carbonyl (C=O) groups is 1. The Morgan fingerprint density at radius 2 is 1.54 bits per heavy atom. The third kappa shape index (κ3) is 4.10. The first-order chi connectivity index (χ1) is 11.9. The number of hydrogen-bond acceptors (Lipinski definition) is 4. The maximum absolute atomic E-state index is 13.2. The molecule has 0 aliphatic carbocycles. The molecule has 1 fully saturated rings. The van der Waals surface area contributed by atoms with Gasteiger partial charge in [0.15, 0.2) is 0 Å². The second-order valence-corrected chi connectivity index (χ2v) is 10.1. The molecule has 1 aliphatic rings. The summed E-state index contributed by atoms with van der Waals surface area (Å²) in [6, 6.07) is 3.37. The van der Waals surface area contributed by atoms with Crippen molar-refractivity contribution in [2.24, 2.45) is 5.73 Å². The largest absolute Gasteiger partial charge is 0.339 e. The van der Waals surface area contributed by atoms with Crippen LogP contribution >= 0.6 is 0 Å². The van der Waals surface area contributed by atoms with Gasteiger partial charge in [0.25, 0.3) is 0 Å². The molecule has 0 saturated carbocycles. The summed E-state index contributed by atoms with van der Waals surface area (Å²) in [5.74, 6) is -0.135. The predicted octanol–water partition coefficient (Wildman–Crippen LogP) is 1.78. The number of nitrogens with two attached hydrogens (primary N) is 1. The second-order valence-electron chi connectivity index (χ2n) is 8.21. The molecule has 1 heterocycles. The molecule has 146 valence electrons. The average Bonchev–Trinajstić information content (AvgIpc) is 2.52. The molecule has 1 saturated heterocycles. The minimum atomic E-state index is -3.59. The van der Waals surface area contributed by atoms with Gasteiger partial charge >= 0.3 is 0 Å². The molecule has 6 nitrogen and oxygen atoms in total. The van der Waals surface area contributed by atoms with Crippen LogP contribution in [0, 0.1) is 13.8 Å². The lowest BCUT2D eigenvalue weighted by molar-refractivity contribution is -0.133. The van der Waals surface area contributed by atoms with Crippen LogP contribution < -0.4 is 5.73 Å². The van der Waals surface area contributed by atoms with Gasteiger partial charge in [0.1, 0.15) is 0 Å². The molecule has 1 amide bonds. The van der Waals surface area contributed by atoms with Crippen molar-refractivity contribution in [3.63, 3.8) is 0 Å². The highest BCUT2D eigenvalue weighted by Crippen LogP contribution is 2.31. The van der Waals surface area contributed by atoms with Crippen molar-refractivity contribution in [1.29, 1.82) is 0 Å². The Hall–Kier alpha value is -1.44. The van der Waals surface area contributed by atoms with E-state index in [0.29, 0.717) is 31.1 Å². The Bertz CT molecular complexity index is 764. The fourth-order valence-corrected chi connectivity index (χ4v) is 5.19. The zero-order chi connectivity index (χ0) is 19.9. The maximum Gasteiger partial charge on any atom is 0.243 e. The van der Waals surface area contributed by atoms with Gasteiger partial charge in [-0.3, -0.25) is 4.79 Å². The molecule has 1 aromatic carbocycles. The summed E-state index contributed by atoms with van der Waals surface area (Å²) in [5, 5.41) is 0. The summed E-state index contributed by atoms with van der Waals surface area (Å²) in [6.45, 7) is 13.0. The molecule has 0 spiro atoms. The Balaban J connectivity index is 2.28. The third-order valence-electron chi connectivity index (χ3n) is 4.86. The molecule has 7 heteroatoms. The lowest BCUT2D eigenvalue weighted by atomic mass is 9.85. The van der Waals surface area contributed by atoms with Gasteiger partial charge in [0.05, 0.1) is 10.9 Å². The first kappa shape index (κ1) is 20.9. The number of rotatable bonds is 3. The number of piperazine rings is 1. The highest BCUT2D eigenvalue weighted by atomic mass is 32.2. The van der Waals surface area contributed by atoms with Crippen LogP contribution in [0.25, 0.3) is 0 Å². The van der Waals surface area contributed by atoms with Gasteiger partial charge in [-0.15, -0.1) is 0 Å². The minimum absolute atomic E-state index is 0.0390. The van der Waals surface area contributed by atoms with Crippen molar-refractivity contribution in [2.45, 2.75) is 57.9 Å². The van der Waals surface area contributed by atoms with Gasteiger partial charge in [-0.2, -0.15) is 4.31 Å². The topological polar surface area (TPSA) is 83.7 Å². The van der Waals surface area contributed by atoms with Crippen molar-refractivity contribution >= 4 is 15.9 Å². The van der Waals surface area contributed by atoms with Crippen LogP contribution in [0.3, 0.4) is 0 Å². The zero-order valence-corrected chi connectivity index (χ0v) is 17.5. The molecular formula is C19H31N3O3S. The number of nitrogens with zero attached hydrogens (tertiary/aromatic N) is 2. The van der Waals surface area contributed by atoms with Gasteiger partial charge in [-0.05, 0) is 42.9 Å². The summed E-state index contributed by atoms with van der Waals surface area (Å²) >= 11 is 0. The van der Waals surface area contributed by atoms with Crippen LogP contribution in [0.15, 0.2) is 17.0 Å². The SMILES string of the molecule is Cc1cc(C(C)(C)C)cc(C)c1S(=O)(=O)N1CCN(C(=O)[C@@H](C)N)CC1. The van der Waals surface area contributed by atoms with Gasteiger partial charge in [-0.1, -0.05) is 32.9 Å². The van der Waals surface area contributed by atoms with Crippen molar-refractivity contribution in [2.75, 3.05) is 26.2 Å². The summed E-state index contributed by atoms with van der Waals surface area (Å²) < 4.78 is 27.9. The Kier molecular flexibility index (Phi) is 5.85. The fourth-order valence-electron chi connectivity index (χ4n) is 3.36. The molecular weight excluding hydrogens is 350 g/mol. The first-order valence-corrected chi connectivity index (χ1v) is 10.5. The van der Waals surface area contributed by atoms with Crippen molar-refractivity contribution in [3.05, 3.63) is 28.8 Å². The maximum atomic E-state index is 13.2. The van der Waals surface area contributed by atoms with Crippen LogP contribution in [0.2, 0.25) is 0 Å². The van der Waals surface area contributed by atoms with Crippen LogP contribution in [0.1, 0.15) is 44.4 Å². The second kappa shape index (κ2) is 7.29. The Morgan fingerprint density at radius 3 is 1.92 bits per heavy atom. The van der Waals surface area contributed by atoms with Gasteiger partial charge in [0, 0.05) is 26.2 Å². The van der Waals surface area contributed by atoms with E-state index in [1.807, 2.05) is 26.0 Å². The van der Waals surface area contributed by atoms with E-state index in [0.717, 1.165) is 16.7 Å². The van der Waals surface area contributed by atoms with Crippen molar-refractivity contribution in [3.8, 4) is 0 Å². The van der Waals surface area contributed by atoms with E-state index in [-0.39, 0.29) is 11.3 Å². The highest BCUT2D eigenvalue weighted by Gasteiger charge is 2.33. The fraction of sp³-hybridized carbons (Fsp3) is 0.632. The van der Waals surface area contributed by atoms with E-state index < -0.39 is 16.1 Å². The van der Waals surface area contributed by atoms with Crippen molar-refractivity contribution in [1.82, 2.24) is 9.21 Å². The molecule has 0 aromatic heterocycles. The predicted molar refractivity (Wildman–Crippen MR) is 104 cm³/mol. The number of carbonyl (C=O) groups excluding carboxylic acids is 1. The Labute approximate surface area is 157 Å². The van der Waals surface area contributed by atoms with Crippen LogP contribution in [-0.2, 0) is 20.2 Å². The van der Waals surface area contributed by atoms with E-state index in [1.54, 1.807) is 11.8 Å². The molecule has 26 heavy (non-hydrogen) atoms. The van der Waals surface area contributed by atoms with E-state index in [4.69, 9.17) is 5.73 Å². The molecule has 0 radical (unpaired) electrons. The number of hydrogen-bond donors (Lipinski definition) is 1. The lowest BCUT2D eigenvalue weighted by Crippen LogP contribution is -2.53. The summed E-state index contributed by atoms with van der Waals surface area (Å²) in [6.07, 6.45) is 0. The first-order valence-electron chi connectivity index (χ1n) is 9.02. The summed E-state index contributed by atoms with van der Waals surface area (Å²) in [4.78, 5) is 14.0. The third-order valence-corrected chi connectivity index (χ3v) is 7.07. The summed E-state index contributed by atoms with van der Waals surface area (Å²) in [7, 11) is -3.59. The van der Waals surface area contributed by atoms with Gasteiger partial charge < -0.3 is 10.6 Å². The average molecular weight is 382 g/mol. The van der Waals surface area contributed by atoms with Crippen LogP contribution in [0.5, 0.6) is 0 Å². The van der Waals surface area contributed by atoms with Gasteiger partial charge in [-0.25, -0.2) is 8.42 Å². The normalized spacial score (nSPS) is 18.0. The molecule has 1 aliphatic heterocycles. The number of amides is 1. The monoisotopic (exact) mass is 381 g/mol. The molecule has 0 unspecified atom stereocenters. The van der Waals surface area contributed by atoms with Crippen LogP contribution in [0.4, 0.5) is 0 Å². The number of benzene rings is 1. The highest BCUT2D eigenvalue weighted by molar-refractivity contribution is 7.89.